The van der Waals surface area contributed by atoms with Crippen molar-refractivity contribution < 1.29 is 23.1 Å². The van der Waals surface area contributed by atoms with E-state index in [1.54, 1.807) is 0 Å². The second-order valence-electron chi connectivity index (χ2n) is 4.10. The summed E-state index contributed by atoms with van der Waals surface area (Å²) in [6.45, 7) is 0.511. The number of aliphatic hydroxyl groups excluding tert-OH is 1. The molecule has 0 bridgehead atoms. The van der Waals surface area contributed by atoms with Crippen molar-refractivity contribution in [2.24, 2.45) is 0 Å². The highest BCUT2D eigenvalue weighted by molar-refractivity contribution is 7.89. The third kappa shape index (κ3) is 3.93. The van der Waals surface area contributed by atoms with Crippen molar-refractivity contribution in [2.45, 2.75) is 31.7 Å². The van der Waals surface area contributed by atoms with Crippen LogP contribution in [0.5, 0.6) is 0 Å². The maximum Gasteiger partial charge on any atom is 0.322 e. The quantitative estimate of drug-likeness (QED) is 0.668. The number of aliphatic hydroxyl groups is 1. The molecule has 1 N–H and O–H groups in total. The third-order valence-corrected chi connectivity index (χ3v) is 4.70. The van der Waals surface area contributed by atoms with Gasteiger partial charge in [0.05, 0.1) is 7.11 Å². The van der Waals surface area contributed by atoms with Gasteiger partial charge in [-0.05, 0) is 25.7 Å². The predicted octanol–water partition coefficient (Wildman–Crippen LogP) is -0.274. The number of sulfonamides is 1. The van der Waals surface area contributed by atoms with E-state index in [1.807, 2.05) is 0 Å². The van der Waals surface area contributed by atoms with Crippen LogP contribution >= 0.6 is 0 Å². The van der Waals surface area contributed by atoms with Gasteiger partial charge in [0.25, 0.3) is 0 Å². The van der Waals surface area contributed by atoms with E-state index in [4.69, 9.17) is 5.11 Å². The molecule has 1 fully saturated rings. The smallest absolute Gasteiger partial charge is 0.322 e. The zero-order chi connectivity index (χ0) is 12.9. The van der Waals surface area contributed by atoms with E-state index in [0.717, 1.165) is 12.8 Å². The Hall–Kier alpha value is -0.660. The van der Waals surface area contributed by atoms with Gasteiger partial charge in [0.15, 0.2) is 5.75 Å². The summed E-state index contributed by atoms with van der Waals surface area (Å²) < 4.78 is 29.6. The van der Waals surface area contributed by atoms with Gasteiger partial charge in [-0.2, -0.15) is 4.31 Å². The topological polar surface area (TPSA) is 83.9 Å². The lowest BCUT2D eigenvalue weighted by Crippen LogP contribution is -2.39. The molecular weight excluding hydrogens is 246 g/mol. The van der Waals surface area contributed by atoms with Crippen LogP contribution in [-0.4, -0.2) is 55.9 Å². The molecule has 100 valence electrons. The summed E-state index contributed by atoms with van der Waals surface area (Å²) in [5, 5.41) is 8.76. The monoisotopic (exact) mass is 265 g/mol. The van der Waals surface area contributed by atoms with Gasteiger partial charge < -0.3 is 9.84 Å². The van der Waals surface area contributed by atoms with Crippen LogP contribution in [-0.2, 0) is 19.6 Å². The molecule has 1 aliphatic rings. The number of carbonyl (C=O) groups is 1. The van der Waals surface area contributed by atoms with Gasteiger partial charge in [0.2, 0.25) is 10.0 Å². The molecule has 0 radical (unpaired) electrons. The first kappa shape index (κ1) is 14.4. The lowest BCUT2D eigenvalue weighted by atomic mass is 10.1. The minimum Gasteiger partial charge on any atom is -0.468 e. The molecule has 1 rings (SSSR count). The molecule has 0 aromatic rings. The fraction of sp³-hybridized carbons (Fsp3) is 0.900. The van der Waals surface area contributed by atoms with Crippen LogP contribution in [0.1, 0.15) is 25.7 Å². The van der Waals surface area contributed by atoms with E-state index in [0.29, 0.717) is 19.4 Å². The van der Waals surface area contributed by atoms with E-state index < -0.39 is 21.7 Å². The molecule has 1 heterocycles. The summed E-state index contributed by atoms with van der Waals surface area (Å²) in [5.41, 5.74) is 0. The van der Waals surface area contributed by atoms with E-state index in [9.17, 15) is 13.2 Å². The Morgan fingerprint density at radius 1 is 1.53 bits per heavy atom. The molecule has 0 saturated carbocycles. The molecule has 0 spiro atoms. The summed E-state index contributed by atoms with van der Waals surface area (Å²) in [7, 11) is -2.40. The molecule has 0 aliphatic carbocycles. The fourth-order valence-corrected chi connectivity index (χ4v) is 3.74. The highest BCUT2D eigenvalue weighted by atomic mass is 32.2. The van der Waals surface area contributed by atoms with Gasteiger partial charge >= 0.3 is 5.97 Å². The Labute approximate surface area is 102 Å². The molecule has 1 saturated heterocycles. The van der Waals surface area contributed by atoms with Crippen LogP contribution in [0, 0.1) is 0 Å². The number of hydrogen-bond donors (Lipinski definition) is 1. The normalized spacial score (nSPS) is 21.6. The number of esters is 1. The zero-order valence-corrected chi connectivity index (χ0v) is 10.8. The number of nitrogens with zero attached hydrogens (tertiary/aromatic N) is 1. The second kappa shape index (κ2) is 6.32. The van der Waals surface area contributed by atoms with Crippen molar-refractivity contribution in [3.05, 3.63) is 0 Å². The summed E-state index contributed by atoms with van der Waals surface area (Å²) >= 11 is 0. The Balaban J connectivity index is 2.65. The SMILES string of the molecule is COC(=O)CS(=O)(=O)N1CCCC1CCCO. The van der Waals surface area contributed by atoms with Crippen molar-refractivity contribution >= 4 is 16.0 Å². The number of rotatable bonds is 6. The van der Waals surface area contributed by atoms with Crippen LogP contribution in [0.25, 0.3) is 0 Å². The zero-order valence-electron chi connectivity index (χ0n) is 9.96. The van der Waals surface area contributed by atoms with E-state index in [1.165, 1.54) is 11.4 Å². The maximum atomic E-state index is 11.9. The lowest BCUT2D eigenvalue weighted by molar-refractivity contribution is -0.137. The second-order valence-corrected chi connectivity index (χ2v) is 6.03. The molecule has 17 heavy (non-hydrogen) atoms. The van der Waals surface area contributed by atoms with Crippen LogP contribution in [0.3, 0.4) is 0 Å². The minimum absolute atomic E-state index is 0.0569. The number of ether oxygens (including phenoxy) is 1. The average Bonchev–Trinajstić information content (AvgIpc) is 2.74. The fourth-order valence-electron chi connectivity index (χ4n) is 2.08. The Kier molecular flexibility index (Phi) is 5.35. The van der Waals surface area contributed by atoms with Crippen LogP contribution in [0.4, 0.5) is 0 Å². The van der Waals surface area contributed by atoms with Gasteiger partial charge in [-0.1, -0.05) is 0 Å². The summed E-state index contributed by atoms with van der Waals surface area (Å²) in [6, 6.07) is -0.0863. The highest BCUT2D eigenvalue weighted by Gasteiger charge is 2.35. The largest absolute Gasteiger partial charge is 0.468 e. The first-order chi connectivity index (χ1) is 8.01. The molecule has 6 nitrogen and oxygen atoms in total. The predicted molar refractivity (Wildman–Crippen MR) is 61.9 cm³/mol. The van der Waals surface area contributed by atoms with Gasteiger partial charge in [0.1, 0.15) is 0 Å². The van der Waals surface area contributed by atoms with Crippen LogP contribution < -0.4 is 0 Å². The van der Waals surface area contributed by atoms with Crippen molar-refractivity contribution in [1.29, 1.82) is 0 Å². The first-order valence-electron chi connectivity index (χ1n) is 5.68. The third-order valence-electron chi connectivity index (χ3n) is 2.90. The molecule has 1 unspecified atom stereocenters. The molecular formula is C10H19NO5S. The molecule has 0 aromatic carbocycles. The Morgan fingerprint density at radius 2 is 2.24 bits per heavy atom. The summed E-state index contributed by atoms with van der Waals surface area (Å²) in [6.07, 6.45) is 2.81. The van der Waals surface area contributed by atoms with Crippen molar-refractivity contribution in [2.75, 3.05) is 26.0 Å². The van der Waals surface area contributed by atoms with E-state index in [-0.39, 0.29) is 12.6 Å². The average molecular weight is 265 g/mol. The standard InChI is InChI=1S/C10H19NO5S/c1-16-10(13)8-17(14,15)11-6-2-4-9(11)5-3-7-12/h9,12H,2-8H2,1H3. The van der Waals surface area contributed by atoms with Crippen LogP contribution in [0.15, 0.2) is 0 Å². The van der Waals surface area contributed by atoms with Crippen molar-refractivity contribution in [3.63, 3.8) is 0 Å². The molecule has 0 amide bonds. The molecule has 1 aliphatic heterocycles. The Bertz CT molecular complexity index is 354. The van der Waals surface area contributed by atoms with Gasteiger partial charge in [0, 0.05) is 19.2 Å². The number of hydrogen-bond acceptors (Lipinski definition) is 5. The van der Waals surface area contributed by atoms with E-state index in [2.05, 4.69) is 4.74 Å². The molecule has 7 heteroatoms. The summed E-state index contributed by atoms with van der Waals surface area (Å²) in [4.78, 5) is 11.0. The lowest BCUT2D eigenvalue weighted by Gasteiger charge is -2.23. The van der Waals surface area contributed by atoms with Gasteiger partial charge in [-0.15, -0.1) is 0 Å². The summed E-state index contributed by atoms with van der Waals surface area (Å²) in [5.74, 6) is -1.34. The van der Waals surface area contributed by atoms with Gasteiger partial charge in [-0.25, -0.2) is 8.42 Å². The first-order valence-corrected chi connectivity index (χ1v) is 7.29. The van der Waals surface area contributed by atoms with Crippen molar-refractivity contribution in [1.82, 2.24) is 4.31 Å². The number of carbonyl (C=O) groups excluding carboxylic acids is 1. The maximum absolute atomic E-state index is 11.9. The molecule has 1 atom stereocenters. The molecule has 0 aromatic heterocycles. The van der Waals surface area contributed by atoms with Crippen molar-refractivity contribution in [3.8, 4) is 0 Å². The van der Waals surface area contributed by atoms with E-state index >= 15 is 0 Å². The number of methoxy groups -OCH3 is 1. The van der Waals surface area contributed by atoms with Gasteiger partial charge in [-0.3, -0.25) is 4.79 Å². The minimum atomic E-state index is -3.57. The Morgan fingerprint density at radius 3 is 2.82 bits per heavy atom. The highest BCUT2D eigenvalue weighted by Crippen LogP contribution is 2.24. The van der Waals surface area contributed by atoms with Crippen LogP contribution in [0.2, 0.25) is 0 Å².